The number of hydrogen-bond donors (Lipinski definition) is 3. The molecule has 1 aromatic carbocycles. The van der Waals surface area contributed by atoms with E-state index >= 15 is 0 Å². The van der Waals surface area contributed by atoms with Crippen LogP contribution in [0.5, 0.6) is 0 Å². The molecule has 62 valence electrons. The van der Waals surface area contributed by atoms with Crippen LogP contribution in [0.2, 0.25) is 0 Å². The standard InChI is InChI=1S/C8H9N3S/c9-4-1-5(10)8-6(11)3-12-7(8)2-4/h1-3H,9-11H2. The largest absolute Gasteiger partial charge is 0.399 e. The van der Waals surface area contributed by atoms with E-state index in [9.17, 15) is 0 Å². The van der Waals surface area contributed by atoms with E-state index in [0.29, 0.717) is 11.4 Å². The first-order valence-electron chi connectivity index (χ1n) is 3.50. The van der Waals surface area contributed by atoms with E-state index < -0.39 is 0 Å². The van der Waals surface area contributed by atoms with Crippen molar-refractivity contribution in [3.8, 4) is 0 Å². The fraction of sp³-hybridized carbons (Fsp3) is 0. The van der Waals surface area contributed by atoms with Crippen molar-refractivity contribution in [2.24, 2.45) is 0 Å². The van der Waals surface area contributed by atoms with Crippen LogP contribution >= 0.6 is 11.3 Å². The zero-order chi connectivity index (χ0) is 8.72. The maximum atomic E-state index is 5.75. The summed E-state index contributed by atoms with van der Waals surface area (Å²) in [6.45, 7) is 0. The molecule has 3 nitrogen and oxygen atoms in total. The second-order valence-corrected chi connectivity index (χ2v) is 3.59. The zero-order valence-corrected chi connectivity index (χ0v) is 7.19. The molecule has 2 rings (SSSR count). The molecule has 12 heavy (non-hydrogen) atoms. The van der Waals surface area contributed by atoms with Crippen molar-refractivity contribution in [1.29, 1.82) is 0 Å². The first kappa shape index (κ1) is 7.24. The van der Waals surface area contributed by atoms with Crippen molar-refractivity contribution >= 4 is 38.5 Å². The fourth-order valence-electron chi connectivity index (χ4n) is 1.25. The van der Waals surface area contributed by atoms with Crippen molar-refractivity contribution in [2.45, 2.75) is 0 Å². The molecule has 4 heteroatoms. The Balaban J connectivity index is 2.93. The van der Waals surface area contributed by atoms with Gasteiger partial charge in [0.1, 0.15) is 0 Å². The summed E-state index contributed by atoms with van der Waals surface area (Å²) in [5.41, 5.74) is 19.2. The number of benzene rings is 1. The lowest BCUT2D eigenvalue weighted by Gasteiger charge is -1.99. The smallest absolute Gasteiger partial charge is 0.0523 e. The monoisotopic (exact) mass is 179 g/mol. The second-order valence-electron chi connectivity index (χ2n) is 2.67. The number of anilines is 3. The second kappa shape index (κ2) is 2.28. The lowest BCUT2D eigenvalue weighted by molar-refractivity contribution is 1.75. The molecule has 1 heterocycles. The summed E-state index contributed by atoms with van der Waals surface area (Å²) in [6, 6.07) is 3.61. The molecule has 0 aliphatic carbocycles. The number of thiophene rings is 1. The first-order chi connectivity index (χ1) is 5.68. The fourth-order valence-corrected chi connectivity index (χ4v) is 2.18. The van der Waals surface area contributed by atoms with Crippen LogP contribution in [0.15, 0.2) is 17.5 Å². The number of fused-ring (bicyclic) bond motifs is 1. The zero-order valence-electron chi connectivity index (χ0n) is 6.37. The molecule has 0 fully saturated rings. The lowest BCUT2D eigenvalue weighted by atomic mass is 10.2. The molecule has 0 amide bonds. The molecule has 1 aromatic heterocycles. The maximum absolute atomic E-state index is 5.75. The number of nitrogen functional groups attached to an aromatic ring is 3. The van der Waals surface area contributed by atoms with Gasteiger partial charge in [0.05, 0.1) is 5.69 Å². The van der Waals surface area contributed by atoms with Crippen LogP contribution < -0.4 is 17.2 Å². The summed E-state index contributed by atoms with van der Waals surface area (Å²) >= 11 is 1.56. The van der Waals surface area contributed by atoms with E-state index in [2.05, 4.69) is 0 Å². The Kier molecular flexibility index (Phi) is 1.38. The molecule has 0 unspecified atom stereocenters. The average Bonchev–Trinajstić information content (AvgIpc) is 2.31. The molecular formula is C8H9N3S. The van der Waals surface area contributed by atoms with Gasteiger partial charge in [0, 0.05) is 26.8 Å². The third-order valence-corrected chi connectivity index (χ3v) is 2.70. The highest BCUT2D eigenvalue weighted by Gasteiger charge is 2.04. The summed E-state index contributed by atoms with van der Waals surface area (Å²) in [5, 5.41) is 2.80. The summed E-state index contributed by atoms with van der Waals surface area (Å²) in [5.74, 6) is 0. The van der Waals surface area contributed by atoms with Crippen LogP contribution in [0.4, 0.5) is 17.1 Å². The molecule has 0 saturated carbocycles. The minimum atomic E-state index is 0.656. The lowest BCUT2D eigenvalue weighted by Crippen LogP contribution is -1.91. The Labute approximate surface area is 73.8 Å². The van der Waals surface area contributed by atoms with Crippen LogP contribution in [-0.4, -0.2) is 0 Å². The summed E-state index contributed by atoms with van der Waals surface area (Å²) in [4.78, 5) is 0. The van der Waals surface area contributed by atoms with Crippen molar-refractivity contribution < 1.29 is 0 Å². The van der Waals surface area contributed by atoms with Gasteiger partial charge in [-0.25, -0.2) is 0 Å². The van der Waals surface area contributed by atoms with E-state index in [-0.39, 0.29) is 0 Å². The molecule has 0 saturated heterocycles. The van der Waals surface area contributed by atoms with Crippen LogP contribution in [0.25, 0.3) is 10.1 Å². The van der Waals surface area contributed by atoms with Gasteiger partial charge in [-0.3, -0.25) is 0 Å². The highest BCUT2D eigenvalue weighted by molar-refractivity contribution is 7.18. The SMILES string of the molecule is Nc1cc(N)c2c(N)csc2c1. The van der Waals surface area contributed by atoms with E-state index in [1.54, 1.807) is 17.4 Å². The van der Waals surface area contributed by atoms with Crippen molar-refractivity contribution in [2.75, 3.05) is 17.2 Å². The molecule has 6 N–H and O–H groups in total. The van der Waals surface area contributed by atoms with E-state index in [4.69, 9.17) is 17.2 Å². The number of nitrogens with two attached hydrogens (primary N) is 3. The van der Waals surface area contributed by atoms with Gasteiger partial charge in [-0.2, -0.15) is 0 Å². The predicted molar refractivity (Wildman–Crippen MR) is 55.1 cm³/mol. The van der Waals surface area contributed by atoms with Crippen LogP contribution in [0, 0.1) is 0 Å². The molecule has 2 aromatic rings. The molecule has 0 atom stereocenters. The minimum Gasteiger partial charge on any atom is -0.399 e. The van der Waals surface area contributed by atoms with Gasteiger partial charge in [-0.1, -0.05) is 0 Å². The summed E-state index contributed by atoms with van der Waals surface area (Å²) in [6.07, 6.45) is 0. The van der Waals surface area contributed by atoms with Gasteiger partial charge in [-0.15, -0.1) is 11.3 Å². The van der Waals surface area contributed by atoms with Gasteiger partial charge in [-0.05, 0) is 12.1 Å². The Morgan fingerprint density at radius 2 is 1.75 bits per heavy atom. The average molecular weight is 179 g/mol. The summed E-state index contributed by atoms with van der Waals surface area (Å²) in [7, 11) is 0. The van der Waals surface area contributed by atoms with E-state index in [1.807, 2.05) is 11.4 Å². The Morgan fingerprint density at radius 1 is 1.00 bits per heavy atom. The highest BCUT2D eigenvalue weighted by Crippen LogP contribution is 2.34. The summed E-state index contributed by atoms with van der Waals surface area (Å²) < 4.78 is 1.05. The third kappa shape index (κ3) is 0.887. The van der Waals surface area contributed by atoms with Gasteiger partial charge in [0.2, 0.25) is 0 Å². The molecule has 0 radical (unpaired) electrons. The molecular weight excluding hydrogens is 170 g/mol. The highest BCUT2D eigenvalue weighted by atomic mass is 32.1. The van der Waals surface area contributed by atoms with Crippen LogP contribution in [0.3, 0.4) is 0 Å². The van der Waals surface area contributed by atoms with Gasteiger partial charge in [0.25, 0.3) is 0 Å². The number of hydrogen-bond acceptors (Lipinski definition) is 4. The molecule has 0 aliphatic heterocycles. The van der Waals surface area contributed by atoms with Crippen molar-refractivity contribution in [3.63, 3.8) is 0 Å². The molecule has 0 aliphatic rings. The van der Waals surface area contributed by atoms with Crippen molar-refractivity contribution in [1.82, 2.24) is 0 Å². The van der Waals surface area contributed by atoms with Crippen LogP contribution in [-0.2, 0) is 0 Å². The predicted octanol–water partition coefficient (Wildman–Crippen LogP) is 1.65. The Bertz CT molecular complexity index is 433. The molecule has 0 spiro atoms. The third-order valence-electron chi connectivity index (χ3n) is 1.76. The van der Waals surface area contributed by atoms with E-state index in [1.165, 1.54) is 0 Å². The number of rotatable bonds is 0. The first-order valence-corrected chi connectivity index (χ1v) is 4.38. The van der Waals surface area contributed by atoms with Gasteiger partial charge < -0.3 is 17.2 Å². The van der Waals surface area contributed by atoms with Gasteiger partial charge >= 0.3 is 0 Å². The Morgan fingerprint density at radius 3 is 2.50 bits per heavy atom. The van der Waals surface area contributed by atoms with Crippen LogP contribution in [0.1, 0.15) is 0 Å². The van der Waals surface area contributed by atoms with Crippen molar-refractivity contribution in [3.05, 3.63) is 17.5 Å². The minimum absolute atomic E-state index is 0.656. The van der Waals surface area contributed by atoms with Gasteiger partial charge in [0.15, 0.2) is 0 Å². The Hall–Kier alpha value is -1.42. The normalized spacial score (nSPS) is 10.7. The topological polar surface area (TPSA) is 78.1 Å². The quantitative estimate of drug-likeness (QED) is 0.538. The maximum Gasteiger partial charge on any atom is 0.0523 e. The van der Waals surface area contributed by atoms with E-state index in [0.717, 1.165) is 15.8 Å². The molecule has 0 bridgehead atoms.